The summed E-state index contributed by atoms with van der Waals surface area (Å²) in [4.78, 5) is 0. The average molecular weight is 270 g/mol. The van der Waals surface area contributed by atoms with Crippen LogP contribution in [0.15, 0.2) is 6.20 Å². The van der Waals surface area contributed by atoms with Gasteiger partial charge in [-0.2, -0.15) is 5.10 Å². The molecule has 2 rings (SSSR count). The number of halogens is 1. The molecule has 0 saturated heterocycles. The lowest BCUT2D eigenvalue weighted by Crippen LogP contribution is -2.31. The zero-order valence-electron chi connectivity index (χ0n) is 11.6. The molecular formula is C14H24ClN3. The second kappa shape index (κ2) is 6.07. The summed E-state index contributed by atoms with van der Waals surface area (Å²) in [6.07, 6.45) is 6.72. The van der Waals surface area contributed by atoms with E-state index in [2.05, 4.69) is 35.9 Å². The van der Waals surface area contributed by atoms with Crippen molar-refractivity contribution in [1.29, 1.82) is 0 Å². The fraction of sp³-hybridized carbons (Fsp3) is 0.786. The summed E-state index contributed by atoms with van der Waals surface area (Å²) in [5, 5.41) is 8.78. The van der Waals surface area contributed by atoms with Crippen LogP contribution in [0.1, 0.15) is 51.8 Å². The van der Waals surface area contributed by atoms with Gasteiger partial charge < -0.3 is 5.32 Å². The smallest absolute Gasteiger partial charge is 0.0817 e. The molecule has 0 amide bonds. The van der Waals surface area contributed by atoms with Gasteiger partial charge in [0, 0.05) is 12.1 Å². The van der Waals surface area contributed by atoms with E-state index >= 15 is 0 Å². The van der Waals surface area contributed by atoms with Gasteiger partial charge in [0.2, 0.25) is 0 Å². The summed E-state index contributed by atoms with van der Waals surface area (Å²) in [7, 11) is 0. The van der Waals surface area contributed by atoms with Crippen molar-refractivity contribution < 1.29 is 0 Å². The van der Waals surface area contributed by atoms with Crippen LogP contribution in [-0.2, 0) is 6.42 Å². The van der Waals surface area contributed by atoms with Gasteiger partial charge in [-0.1, -0.05) is 18.5 Å². The van der Waals surface area contributed by atoms with Crippen molar-refractivity contribution in [3.05, 3.63) is 16.9 Å². The van der Waals surface area contributed by atoms with Gasteiger partial charge in [-0.15, -0.1) is 0 Å². The van der Waals surface area contributed by atoms with Crippen LogP contribution >= 0.6 is 11.6 Å². The molecule has 1 aliphatic carbocycles. The fourth-order valence-corrected chi connectivity index (χ4v) is 2.83. The van der Waals surface area contributed by atoms with Crippen LogP contribution in [-0.4, -0.2) is 22.4 Å². The highest BCUT2D eigenvalue weighted by molar-refractivity contribution is 6.31. The molecule has 0 radical (unpaired) electrons. The van der Waals surface area contributed by atoms with Gasteiger partial charge in [0.05, 0.1) is 16.9 Å². The topological polar surface area (TPSA) is 29.9 Å². The fourth-order valence-electron chi connectivity index (χ4n) is 2.60. The Bertz CT molecular complexity index is 382. The third-order valence-corrected chi connectivity index (χ3v) is 4.00. The van der Waals surface area contributed by atoms with Gasteiger partial charge in [-0.25, -0.2) is 0 Å². The Kier molecular flexibility index (Phi) is 4.68. The Morgan fingerprint density at radius 3 is 2.78 bits per heavy atom. The lowest BCUT2D eigenvalue weighted by molar-refractivity contribution is 0.431. The van der Waals surface area contributed by atoms with Gasteiger partial charge in [0.25, 0.3) is 0 Å². The molecule has 0 aromatic carbocycles. The normalized spacial score (nSPS) is 17.4. The molecular weight excluding hydrogens is 246 g/mol. The predicted octanol–water partition coefficient (Wildman–Crippen LogP) is 3.44. The summed E-state index contributed by atoms with van der Waals surface area (Å²) >= 11 is 6.24. The van der Waals surface area contributed by atoms with Gasteiger partial charge in [0.1, 0.15) is 0 Å². The van der Waals surface area contributed by atoms with Crippen molar-refractivity contribution in [3.63, 3.8) is 0 Å². The van der Waals surface area contributed by atoms with E-state index in [0.29, 0.717) is 12.1 Å². The Hall–Kier alpha value is -0.540. The number of hydrogen-bond acceptors (Lipinski definition) is 2. The van der Waals surface area contributed by atoms with Crippen LogP contribution in [0.2, 0.25) is 5.02 Å². The average Bonchev–Trinajstić information content (AvgIpc) is 3.09. The summed E-state index contributed by atoms with van der Waals surface area (Å²) in [6, 6.07) is 1.03. The maximum absolute atomic E-state index is 6.24. The molecule has 1 fully saturated rings. The second-order valence-corrected chi connectivity index (χ2v) is 5.92. The Morgan fingerprint density at radius 1 is 1.50 bits per heavy atom. The minimum absolute atomic E-state index is 0.381. The van der Waals surface area contributed by atoms with Crippen molar-refractivity contribution in [1.82, 2.24) is 15.1 Å². The van der Waals surface area contributed by atoms with Crippen molar-refractivity contribution >= 4 is 11.6 Å². The van der Waals surface area contributed by atoms with E-state index in [1.54, 1.807) is 6.20 Å². The third kappa shape index (κ3) is 3.27. The molecule has 18 heavy (non-hydrogen) atoms. The molecule has 1 aromatic heterocycles. The molecule has 0 aliphatic heterocycles. The molecule has 0 bridgehead atoms. The van der Waals surface area contributed by atoms with E-state index in [0.717, 1.165) is 30.3 Å². The number of aromatic nitrogens is 2. The molecule has 1 N–H and O–H groups in total. The van der Waals surface area contributed by atoms with Crippen molar-refractivity contribution in [2.45, 2.75) is 58.5 Å². The van der Waals surface area contributed by atoms with E-state index in [1.165, 1.54) is 18.5 Å². The number of hydrogen-bond donors (Lipinski definition) is 1. The van der Waals surface area contributed by atoms with E-state index in [4.69, 9.17) is 11.6 Å². The first kappa shape index (κ1) is 13.9. The van der Waals surface area contributed by atoms with Gasteiger partial charge in [0.15, 0.2) is 0 Å². The van der Waals surface area contributed by atoms with Crippen LogP contribution < -0.4 is 5.32 Å². The van der Waals surface area contributed by atoms with E-state index in [-0.39, 0.29) is 0 Å². The first-order valence-electron chi connectivity index (χ1n) is 7.08. The van der Waals surface area contributed by atoms with Gasteiger partial charge in [-0.3, -0.25) is 4.68 Å². The highest BCUT2D eigenvalue weighted by Crippen LogP contribution is 2.35. The van der Waals surface area contributed by atoms with Crippen LogP contribution in [0.5, 0.6) is 0 Å². The summed E-state index contributed by atoms with van der Waals surface area (Å²) < 4.78 is 2.05. The Balaban J connectivity index is 1.97. The van der Waals surface area contributed by atoms with Gasteiger partial charge >= 0.3 is 0 Å². The minimum atomic E-state index is 0.381. The highest BCUT2D eigenvalue weighted by atomic mass is 35.5. The molecule has 102 valence electrons. The van der Waals surface area contributed by atoms with Crippen LogP contribution in [0.4, 0.5) is 0 Å². The number of nitrogens with zero attached hydrogens (tertiary/aromatic N) is 2. The molecule has 1 aromatic rings. The molecule has 1 saturated carbocycles. The Morgan fingerprint density at radius 2 is 2.22 bits per heavy atom. The standard InChI is InChI=1S/C14H24ClN3/c1-4-16-13(11-5-6-11)7-8-14-12(15)9-17-18(14)10(2)3/h9-11,13,16H,4-8H2,1-3H3. The molecule has 0 spiro atoms. The minimum Gasteiger partial charge on any atom is -0.314 e. The SMILES string of the molecule is CCNC(CCc1c(Cl)cnn1C(C)C)C1CC1. The first-order valence-corrected chi connectivity index (χ1v) is 7.46. The zero-order valence-corrected chi connectivity index (χ0v) is 12.4. The van der Waals surface area contributed by atoms with Crippen molar-refractivity contribution in [3.8, 4) is 0 Å². The summed E-state index contributed by atoms with van der Waals surface area (Å²) in [5.41, 5.74) is 1.19. The highest BCUT2D eigenvalue weighted by Gasteiger charge is 2.30. The number of nitrogens with one attached hydrogen (secondary N) is 1. The predicted molar refractivity (Wildman–Crippen MR) is 76.1 cm³/mol. The monoisotopic (exact) mass is 269 g/mol. The first-order chi connectivity index (χ1) is 8.63. The van der Waals surface area contributed by atoms with Crippen LogP contribution in [0.3, 0.4) is 0 Å². The van der Waals surface area contributed by atoms with Gasteiger partial charge in [-0.05, 0) is 52.0 Å². The molecule has 1 heterocycles. The Labute approximate surface area is 115 Å². The molecule has 1 atom stereocenters. The zero-order chi connectivity index (χ0) is 13.1. The maximum Gasteiger partial charge on any atom is 0.0817 e. The molecule has 1 unspecified atom stereocenters. The molecule has 3 nitrogen and oxygen atoms in total. The largest absolute Gasteiger partial charge is 0.314 e. The molecule has 1 aliphatic rings. The summed E-state index contributed by atoms with van der Waals surface area (Å²) in [6.45, 7) is 7.53. The van der Waals surface area contributed by atoms with E-state index in [1.807, 2.05) is 0 Å². The van der Waals surface area contributed by atoms with E-state index < -0.39 is 0 Å². The lowest BCUT2D eigenvalue weighted by atomic mass is 10.0. The third-order valence-electron chi connectivity index (χ3n) is 3.69. The van der Waals surface area contributed by atoms with Crippen LogP contribution in [0.25, 0.3) is 0 Å². The van der Waals surface area contributed by atoms with Crippen molar-refractivity contribution in [2.75, 3.05) is 6.54 Å². The number of rotatable bonds is 7. The lowest BCUT2D eigenvalue weighted by Gasteiger charge is -2.18. The van der Waals surface area contributed by atoms with Crippen molar-refractivity contribution in [2.24, 2.45) is 5.92 Å². The quantitative estimate of drug-likeness (QED) is 0.822. The van der Waals surface area contributed by atoms with E-state index in [9.17, 15) is 0 Å². The van der Waals surface area contributed by atoms with Crippen LogP contribution in [0, 0.1) is 5.92 Å². The summed E-state index contributed by atoms with van der Waals surface area (Å²) in [5.74, 6) is 0.888. The maximum atomic E-state index is 6.24. The second-order valence-electron chi connectivity index (χ2n) is 5.52. The molecule has 4 heteroatoms.